The average molecular weight is 415 g/mol. The van der Waals surface area contributed by atoms with E-state index < -0.39 is 12.1 Å². The number of hydrogen-bond acceptors (Lipinski definition) is 3. The maximum Gasteiger partial charge on any atom is 0.303 e. The molecule has 1 saturated carbocycles. The van der Waals surface area contributed by atoms with Gasteiger partial charge >= 0.3 is 5.97 Å². The third-order valence-electron chi connectivity index (χ3n) is 4.84. The molecule has 0 amide bonds. The number of aliphatic hydroxyl groups excluding tert-OH is 1. The van der Waals surface area contributed by atoms with Gasteiger partial charge in [-0.2, -0.15) is 0 Å². The second-order valence-electron chi connectivity index (χ2n) is 6.82. The van der Waals surface area contributed by atoms with E-state index in [0.717, 1.165) is 36.1 Å². The SMILES string of the molecule is O=C(O)CCCC=CC[C@H]1C(O)CC(=S)[C@@H]1CCc1cc(Cl)cc(Cl)c1. The first-order chi connectivity index (χ1) is 12.4. The van der Waals surface area contributed by atoms with Crippen molar-refractivity contribution in [3.63, 3.8) is 0 Å². The first-order valence-corrected chi connectivity index (χ1v) is 10.1. The van der Waals surface area contributed by atoms with Gasteiger partial charge in [0.2, 0.25) is 0 Å². The monoisotopic (exact) mass is 414 g/mol. The number of halogens is 2. The summed E-state index contributed by atoms with van der Waals surface area (Å²) in [5.41, 5.74) is 1.08. The summed E-state index contributed by atoms with van der Waals surface area (Å²) < 4.78 is 0. The lowest BCUT2D eigenvalue weighted by Gasteiger charge is -2.20. The van der Waals surface area contributed by atoms with Gasteiger partial charge in [0.25, 0.3) is 0 Å². The van der Waals surface area contributed by atoms with E-state index in [-0.39, 0.29) is 18.3 Å². The number of rotatable bonds is 9. The van der Waals surface area contributed by atoms with E-state index in [0.29, 0.717) is 22.9 Å². The van der Waals surface area contributed by atoms with Crippen molar-refractivity contribution in [3.8, 4) is 0 Å². The summed E-state index contributed by atoms with van der Waals surface area (Å²) in [4.78, 5) is 11.4. The van der Waals surface area contributed by atoms with E-state index >= 15 is 0 Å². The molecule has 1 aromatic rings. The minimum atomic E-state index is -0.767. The highest BCUT2D eigenvalue weighted by Crippen LogP contribution is 2.36. The Hall–Kier alpha value is -0.940. The van der Waals surface area contributed by atoms with Crippen LogP contribution >= 0.6 is 35.4 Å². The van der Waals surface area contributed by atoms with Crippen LogP contribution in [0.1, 0.15) is 44.1 Å². The number of carboxylic acid groups (broad SMARTS) is 1. The quantitative estimate of drug-likeness (QED) is 0.318. The number of carboxylic acids is 1. The number of aryl methyl sites for hydroxylation is 1. The van der Waals surface area contributed by atoms with Crippen LogP contribution in [0.2, 0.25) is 10.0 Å². The van der Waals surface area contributed by atoms with Crippen molar-refractivity contribution in [1.29, 1.82) is 0 Å². The fourth-order valence-corrected chi connectivity index (χ4v) is 4.57. The molecule has 0 spiro atoms. The van der Waals surface area contributed by atoms with Crippen molar-refractivity contribution in [2.75, 3.05) is 0 Å². The van der Waals surface area contributed by atoms with Gasteiger partial charge in [-0.3, -0.25) is 4.79 Å². The van der Waals surface area contributed by atoms with Gasteiger partial charge in [0.1, 0.15) is 0 Å². The first kappa shape index (κ1) is 21.4. The summed E-state index contributed by atoms with van der Waals surface area (Å²) in [5.74, 6) is -0.453. The Labute approximate surface area is 170 Å². The summed E-state index contributed by atoms with van der Waals surface area (Å²) in [6.07, 6.45) is 8.23. The molecule has 1 aliphatic carbocycles. The first-order valence-electron chi connectivity index (χ1n) is 8.89. The second kappa shape index (κ2) is 10.4. The van der Waals surface area contributed by atoms with Crippen LogP contribution in [0.3, 0.4) is 0 Å². The normalized spacial score (nSPS) is 23.0. The molecule has 0 bridgehead atoms. The molecule has 0 radical (unpaired) electrons. The number of aliphatic hydroxyl groups is 1. The van der Waals surface area contributed by atoms with Gasteiger partial charge in [0.05, 0.1) is 6.10 Å². The van der Waals surface area contributed by atoms with Crippen molar-refractivity contribution in [1.82, 2.24) is 0 Å². The van der Waals surface area contributed by atoms with Crippen LogP contribution in [0.25, 0.3) is 0 Å². The van der Waals surface area contributed by atoms with Gasteiger partial charge in [-0.15, -0.1) is 0 Å². The van der Waals surface area contributed by atoms with Crippen molar-refractivity contribution >= 4 is 46.3 Å². The van der Waals surface area contributed by atoms with Gasteiger partial charge in [-0.05, 0) is 72.6 Å². The summed E-state index contributed by atoms with van der Waals surface area (Å²) in [6.45, 7) is 0. The van der Waals surface area contributed by atoms with Gasteiger partial charge in [-0.1, -0.05) is 47.6 Å². The van der Waals surface area contributed by atoms with E-state index in [1.165, 1.54) is 0 Å². The molecule has 0 heterocycles. The Bertz CT molecular complexity index is 655. The highest BCUT2D eigenvalue weighted by atomic mass is 35.5. The minimum Gasteiger partial charge on any atom is -0.481 e. The molecule has 6 heteroatoms. The van der Waals surface area contributed by atoms with Crippen molar-refractivity contribution in [3.05, 3.63) is 46.0 Å². The zero-order chi connectivity index (χ0) is 19.1. The minimum absolute atomic E-state index is 0.118. The van der Waals surface area contributed by atoms with Gasteiger partial charge in [0, 0.05) is 22.9 Å². The Morgan fingerprint density at radius 1 is 1.23 bits per heavy atom. The third-order valence-corrected chi connectivity index (χ3v) is 5.74. The number of allylic oxidation sites excluding steroid dienone is 2. The van der Waals surface area contributed by atoms with E-state index in [1.807, 2.05) is 24.3 Å². The molecule has 0 aromatic heterocycles. The standard InChI is InChI=1S/C20H24Cl2O3S/c21-14-9-13(10-15(22)11-14)7-8-17-16(18(23)12-19(17)26)5-3-1-2-4-6-20(24)25/h1,3,9-11,16-18,23H,2,4-8,12H2,(H,24,25)/t16-,17-,18?/m1/s1. The maximum atomic E-state index is 10.5. The van der Waals surface area contributed by atoms with Crippen LogP contribution in [-0.2, 0) is 11.2 Å². The molecule has 142 valence electrons. The van der Waals surface area contributed by atoms with Crippen LogP contribution in [0.5, 0.6) is 0 Å². The van der Waals surface area contributed by atoms with Crippen LogP contribution < -0.4 is 0 Å². The average Bonchev–Trinajstić information content (AvgIpc) is 2.81. The Balaban J connectivity index is 1.89. The van der Waals surface area contributed by atoms with E-state index in [1.54, 1.807) is 6.07 Å². The van der Waals surface area contributed by atoms with E-state index in [2.05, 4.69) is 0 Å². The Kier molecular flexibility index (Phi) is 8.55. The second-order valence-corrected chi connectivity index (χ2v) is 8.21. The van der Waals surface area contributed by atoms with Crippen LogP contribution in [0.4, 0.5) is 0 Å². The van der Waals surface area contributed by atoms with E-state index in [4.69, 9.17) is 40.5 Å². The Morgan fingerprint density at radius 2 is 1.92 bits per heavy atom. The molecular formula is C20H24Cl2O3S. The smallest absolute Gasteiger partial charge is 0.303 e. The van der Waals surface area contributed by atoms with Crippen molar-refractivity contribution < 1.29 is 15.0 Å². The summed E-state index contributed by atoms with van der Waals surface area (Å²) in [5, 5.41) is 20.2. The van der Waals surface area contributed by atoms with E-state index in [9.17, 15) is 9.90 Å². The fraction of sp³-hybridized carbons (Fsp3) is 0.500. The molecule has 0 aliphatic heterocycles. The molecule has 1 unspecified atom stereocenters. The summed E-state index contributed by atoms with van der Waals surface area (Å²) in [7, 11) is 0. The van der Waals surface area contributed by atoms with Crippen molar-refractivity contribution in [2.45, 2.75) is 51.0 Å². The van der Waals surface area contributed by atoms with Crippen molar-refractivity contribution in [2.24, 2.45) is 11.8 Å². The number of hydrogen-bond donors (Lipinski definition) is 2. The molecule has 3 atom stereocenters. The molecular weight excluding hydrogens is 391 g/mol. The Morgan fingerprint density at radius 3 is 2.58 bits per heavy atom. The zero-order valence-electron chi connectivity index (χ0n) is 14.5. The largest absolute Gasteiger partial charge is 0.481 e. The number of unbranched alkanes of at least 4 members (excludes halogenated alkanes) is 1. The highest BCUT2D eigenvalue weighted by Gasteiger charge is 2.37. The zero-order valence-corrected chi connectivity index (χ0v) is 16.9. The van der Waals surface area contributed by atoms with Gasteiger partial charge < -0.3 is 10.2 Å². The number of carbonyl (C=O) groups is 1. The van der Waals surface area contributed by atoms with Gasteiger partial charge in [-0.25, -0.2) is 0 Å². The fourth-order valence-electron chi connectivity index (χ4n) is 3.53. The molecule has 2 rings (SSSR count). The molecule has 0 saturated heterocycles. The number of aliphatic carboxylic acids is 1. The molecule has 1 aliphatic rings. The van der Waals surface area contributed by atoms with Gasteiger partial charge in [0.15, 0.2) is 0 Å². The topological polar surface area (TPSA) is 57.5 Å². The lowest BCUT2D eigenvalue weighted by molar-refractivity contribution is -0.137. The number of benzene rings is 1. The maximum absolute atomic E-state index is 10.5. The summed E-state index contributed by atoms with van der Waals surface area (Å²) in [6, 6.07) is 5.55. The molecule has 2 N–H and O–H groups in total. The molecule has 26 heavy (non-hydrogen) atoms. The van der Waals surface area contributed by atoms with Crippen LogP contribution in [0, 0.1) is 11.8 Å². The third kappa shape index (κ3) is 6.66. The summed E-state index contributed by atoms with van der Waals surface area (Å²) >= 11 is 17.6. The predicted molar refractivity (Wildman–Crippen MR) is 110 cm³/mol. The molecule has 3 nitrogen and oxygen atoms in total. The predicted octanol–water partition coefficient (Wildman–Crippen LogP) is 5.49. The lowest BCUT2D eigenvalue weighted by Crippen LogP contribution is -2.20. The van der Waals surface area contributed by atoms with Crippen LogP contribution in [-0.4, -0.2) is 27.2 Å². The number of thiocarbonyl (C=S) groups is 1. The molecule has 1 fully saturated rings. The highest BCUT2D eigenvalue weighted by molar-refractivity contribution is 7.80. The lowest BCUT2D eigenvalue weighted by atomic mass is 9.86. The van der Waals surface area contributed by atoms with Crippen LogP contribution in [0.15, 0.2) is 30.4 Å². The molecule has 1 aromatic carbocycles.